The van der Waals surface area contributed by atoms with Gasteiger partial charge in [-0.1, -0.05) is 54.9 Å². The summed E-state index contributed by atoms with van der Waals surface area (Å²) in [4.78, 5) is 149. The maximum atomic E-state index is 14.4. The highest BCUT2D eigenvalue weighted by molar-refractivity contribution is 6.06. The largest absolute Gasteiger partial charge is 0.481 e. The highest BCUT2D eigenvalue weighted by Gasteiger charge is 2.45. The lowest BCUT2D eigenvalue weighted by Gasteiger charge is -2.41. The lowest BCUT2D eigenvalue weighted by Crippen LogP contribution is -2.55. The van der Waals surface area contributed by atoms with Crippen LogP contribution in [0.3, 0.4) is 0 Å². The average Bonchev–Trinajstić information content (AvgIpc) is 3.97. The minimum atomic E-state index is -1.73. The number of aliphatic carboxylic acids is 2. The number of likely N-dealkylation sites (tertiary alicyclic amines) is 2. The number of likely N-dealkylation sites (N-methyl/N-ethyl adjacent to an activating group) is 2. The van der Waals surface area contributed by atoms with E-state index in [4.69, 9.17) is 15.2 Å². The van der Waals surface area contributed by atoms with E-state index in [1.807, 2.05) is 41.5 Å². The van der Waals surface area contributed by atoms with Crippen LogP contribution in [0.2, 0.25) is 0 Å². The summed E-state index contributed by atoms with van der Waals surface area (Å²) in [7, 11) is 6.25. The van der Waals surface area contributed by atoms with Gasteiger partial charge in [0, 0.05) is 84.7 Å². The van der Waals surface area contributed by atoms with Crippen LogP contribution in [-0.4, -0.2) is 191 Å². The molecule has 0 aromatic heterocycles. The van der Waals surface area contributed by atoms with Crippen LogP contribution in [0.4, 0.5) is 0 Å². The predicted molar refractivity (Wildman–Crippen MR) is 273 cm³/mol. The monoisotopic (exact) mass is 1070 g/mol. The van der Waals surface area contributed by atoms with Gasteiger partial charge in [0.15, 0.2) is 17.3 Å². The number of aliphatic hydroxyl groups is 1. The second-order valence-electron chi connectivity index (χ2n) is 21.0. The molecule has 2 fully saturated rings. The molecule has 0 aromatic carbocycles. The molecular formula is C52H87N7O16. The van der Waals surface area contributed by atoms with Gasteiger partial charge >= 0.3 is 11.9 Å². The number of hydrogen-bond acceptors (Lipinski definition) is 16. The maximum Gasteiger partial charge on any atom is 0.326 e. The number of hydrogen-bond donors (Lipinski definition) is 7. The molecule has 0 radical (unpaired) electrons. The summed E-state index contributed by atoms with van der Waals surface area (Å²) in [6.45, 7) is 14.3. The van der Waals surface area contributed by atoms with Gasteiger partial charge in [-0.25, -0.2) is 4.79 Å². The Morgan fingerprint density at radius 1 is 0.787 bits per heavy atom. The van der Waals surface area contributed by atoms with Crippen molar-refractivity contribution < 1.29 is 77.5 Å². The van der Waals surface area contributed by atoms with Gasteiger partial charge in [-0.15, -0.1) is 0 Å². The van der Waals surface area contributed by atoms with Crippen LogP contribution in [0, 0.1) is 35.5 Å². The lowest BCUT2D eigenvalue weighted by atomic mass is 9.84. The highest BCUT2D eigenvalue weighted by Crippen LogP contribution is 2.31. The van der Waals surface area contributed by atoms with E-state index in [0.29, 0.717) is 25.8 Å². The number of carbonyl (C=O) groups excluding carboxylic acids is 9. The Morgan fingerprint density at radius 2 is 1.39 bits per heavy atom. The minimum absolute atomic E-state index is 0.0180. The number of carbonyl (C=O) groups is 11. The van der Waals surface area contributed by atoms with Gasteiger partial charge in [0.05, 0.1) is 48.8 Å². The molecule has 6 amide bonds. The molecule has 0 spiro atoms. The van der Waals surface area contributed by atoms with E-state index in [0.717, 1.165) is 4.90 Å². The molecule has 0 aromatic rings. The van der Waals surface area contributed by atoms with Crippen molar-refractivity contribution in [2.75, 3.05) is 41.4 Å². The Balaban J connectivity index is 2.29. The van der Waals surface area contributed by atoms with Gasteiger partial charge in [0.25, 0.3) is 0 Å². The molecule has 426 valence electrons. The Kier molecular flexibility index (Phi) is 27.3. The predicted octanol–water partition coefficient (Wildman–Crippen LogP) is 1.08. The van der Waals surface area contributed by atoms with Crippen LogP contribution in [0.15, 0.2) is 0 Å². The fraction of sp³-hybridized carbons (Fsp3) is 0.788. The molecule has 2 aliphatic rings. The first kappa shape index (κ1) is 65.9. The summed E-state index contributed by atoms with van der Waals surface area (Å²) < 4.78 is 11.9. The number of ketones is 3. The first-order valence-electron chi connectivity index (χ1n) is 26.3. The molecule has 2 aliphatic heterocycles. The minimum Gasteiger partial charge on any atom is -0.481 e. The number of carboxylic acid groups (broad SMARTS) is 2. The first-order valence-corrected chi connectivity index (χ1v) is 26.3. The Hall–Kier alpha value is -5.23. The summed E-state index contributed by atoms with van der Waals surface area (Å²) in [6.07, 6.45) is -4.74. The number of carboxylic acids is 2. The number of nitrogens with one attached hydrogen (secondary N) is 3. The second kappa shape index (κ2) is 31.1. The van der Waals surface area contributed by atoms with Gasteiger partial charge in [0.1, 0.15) is 18.1 Å². The maximum absolute atomic E-state index is 14.4. The normalized spacial score (nSPS) is 19.8. The van der Waals surface area contributed by atoms with Crippen molar-refractivity contribution in [2.45, 2.75) is 187 Å². The Bertz CT molecular complexity index is 2000. The van der Waals surface area contributed by atoms with Gasteiger partial charge in [0.2, 0.25) is 35.4 Å². The van der Waals surface area contributed by atoms with E-state index in [1.165, 1.54) is 28.1 Å². The smallest absolute Gasteiger partial charge is 0.326 e. The van der Waals surface area contributed by atoms with Crippen LogP contribution in [-0.2, 0) is 62.2 Å². The molecule has 75 heavy (non-hydrogen) atoms. The summed E-state index contributed by atoms with van der Waals surface area (Å²) in [6, 6.07) is -6.31. The molecule has 0 bridgehead atoms. The van der Waals surface area contributed by atoms with Crippen molar-refractivity contribution in [1.29, 1.82) is 0 Å². The molecule has 2 rings (SSSR count). The number of rotatable bonds is 35. The fourth-order valence-corrected chi connectivity index (χ4v) is 10.5. The van der Waals surface area contributed by atoms with E-state index >= 15 is 0 Å². The van der Waals surface area contributed by atoms with E-state index in [2.05, 4.69) is 16.0 Å². The summed E-state index contributed by atoms with van der Waals surface area (Å²) in [5, 5.41) is 38.1. The van der Waals surface area contributed by atoms with Crippen LogP contribution < -0.4 is 21.7 Å². The molecule has 2 unspecified atom stereocenters. The van der Waals surface area contributed by atoms with Crippen molar-refractivity contribution in [3.05, 3.63) is 0 Å². The van der Waals surface area contributed by atoms with Crippen LogP contribution in [0.5, 0.6) is 0 Å². The number of nitrogens with zero attached hydrogens (tertiary/aromatic N) is 3. The zero-order chi connectivity index (χ0) is 57.2. The molecular weight excluding hydrogens is 979 g/mol. The number of aliphatic hydroxyl groups excluding tert-OH is 1. The molecule has 13 atom stereocenters. The van der Waals surface area contributed by atoms with E-state index in [9.17, 15) is 68.1 Å². The first-order chi connectivity index (χ1) is 35.1. The third kappa shape index (κ3) is 18.2. The summed E-state index contributed by atoms with van der Waals surface area (Å²) >= 11 is 0. The number of methoxy groups -OCH3 is 2. The zero-order valence-corrected chi connectivity index (χ0v) is 46.1. The molecule has 0 saturated carbocycles. The molecule has 8 N–H and O–H groups in total. The third-order valence-electron chi connectivity index (χ3n) is 15.1. The van der Waals surface area contributed by atoms with Crippen LogP contribution >= 0.6 is 0 Å². The van der Waals surface area contributed by atoms with Crippen molar-refractivity contribution in [3.63, 3.8) is 0 Å². The molecule has 23 nitrogen and oxygen atoms in total. The number of imide groups is 1. The Morgan fingerprint density at radius 3 is 1.87 bits per heavy atom. The van der Waals surface area contributed by atoms with Gasteiger partial charge in [-0.2, -0.15) is 0 Å². The number of nitrogens with two attached hydrogens (primary N) is 1. The zero-order valence-electron chi connectivity index (χ0n) is 46.1. The molecule has 2 saturated heterocycles. The second-order valence-corrected chi connectivity index (χ2v) is 21.0. The van der Waals surface area contributed by atoms with E-state index in [1.54, 1.807) is 23.9 Å². The van der Waals surface area contributed by atoms with Crippen molar-refractivity contribution in [1.82, 2.24) is 30.7 Å². The topological polar surface area (TPSA) is 339 Å². The molecule has 23 heteroatoms. The van der Waals surface area contributed by atoms with Crippen LogP contribution in [0.25, 0.3) is 0 Å². The van der Waals surface area contributed by atoms with Gasteiger partial charge < -0.3 is 56.3 Å². The number of amides is 6. The summed E-state index contributed by atoms with van der Waals surface area (Å²) in [5.74, 6) is -11.5. The fourth-order valence-electron chi connectivity index (χ4n) is 10.5. The van der Waals surface area contributed by atoms with E-state index in [-0.39, 0.29) is 61.0 Å². The summed E-state index contributed by atoms with van der Waals surface area (Å²) in [5.41, 5.74) is 5.70. The SMILES string of the molecule is CC[C@H](C)[C@@H]([C@@H](CC(=O)N1CCC[C@H]1C(OC)[C@@H](C)C(=O)N[C@H](C(=O)C[C@@H](CCC(=O)O)C(=O)N[C@@H](CCC(=O)[C@H](CN)N1C(=O)CCC1=O)C(=O)O)C(C)O)OC)N(C)C(=O)[C@@H](CC(=O)[C@@H](NC)C(C)C)C(C)C. The highest BCUT2D eigenvalue weighted by atomic mass is 16.5. The van der Waals surface area contributed by atoms with Crippen molar-refractivity contribution in [2.24, 2.45) is 41.2 Å². The van der Waals surface area contributed by atoms with Crippen LogP contribution in [0.1, 0.15) is 132 Å². The van der Waals surface area contributed by atoms with Crippen molar-refractivity contribution >= 4 is 64.7 Å². The standard InChI is InChI=1S/C52H87N7O16/c1-13-29(6)47(57(10)51(71)33(27(2)3)24-39(63)45(54-9)28(4)5)40(74-11)25-43(66)58-22-14-15-35(58)48(75-12)30(7)49(69)56-46(31(8)60)38(62)23-32(16-21-44(67)68)50(70)55-34(52(72)73)17-18-37(61)36(26-53)59-41(64)19-20-42(59)65/h27-36,40,45-48,54,60H,13-26,53H2,1-12H3,(H,55,70)(H,56,69)(H,67,68)(H,72,73)/t29-,30+,31?,32+,33-,34-,35-,36-,40+,45-,46-,47-,48?/m0/s1. The van der Waals surface area contributed by atoms with Gasteiger partial charge in [-0.05, 0) is 57.4 Å². The number of Topliss-reactive ketones (excluding diaryl/α,β-unsaturated/α-hetero) is 3. The quantitative estimate of drug-likeness (QED) is 0.0437. The molecule has 0 aliphatic carbocycles. The average molecular weight is 1070 g/mol. The lowest BCUT2D eigenvalue weighted by molar-refractivity contribution is -0.149. The van der Waals surface area contributed by atoms with Gasteiger partial charge in [-0.3, -0.25) is 52.8 Å². The molecule has 2 heterocycles. The van der Waals surface area contributed by atoms with Crippen molar-refractivity contribution in [3.8, 4) is 0 Å². The number of ether oxygens (including phenoxy) is 2. The Labute approximate surface area is 441 Å². The van der Waals surface area contributed by atoms with E-state index < -0.39 is 158 Å². The third-order valence-corrected chi connectivity index (χ3v) is 15.1.